The van der Waals surface area contributed by atoms with Crippen molar-refractivity contribution in [3.05, 3.63) is 82.9 Å². The van der Waals surface area contributed by atoms with Crippen molar-refractivity contribution in [2.24, 2.45) is 0 Å². The number of hydrogen-bond acceptors (Lipinski definition) is 6. The summed E-state index contributed by atoms with van der Waals surface area (Å²) in [4.78, 5) is -0.211. The minimum absolute atomic E-state index is 0. The molecule has 4 rings (SSSR count). The Balaban J connectivity index is 0.000000360. The zero-order valence-electron chi connectivity index (χ0n) is 32.9. The van der Waals surface area contributed by atoms with Crippen LogP contribution in [-0.2, 0) is 45.9 Å². The number of rotatable bonds is 22. The smallest absolute Gasteiger partial charge is 0.744 e. The molecule has 0 radical (unpaired) electrons. The quantitative estimate of drug-likeness (QED) is 0.0445. The van der Waals surface area contributed by atoms with Gasteiger partial charge in [0.15, 0.2) is 0 Å². The van der Waals surface area contributed by atoms with Crippen molar-refractivity contribution in [1.29, 1.82) is 0 Å². The van der Waals surface area contributed by atoms with Crippen molar-refractivity contribution in [3.8, 4) is 0 Å². The second kappa shape index (κ2) is 24.9. The van der Waals surface area contributed by atoms with Crippen LogP contribution in [0.2, 0.25) is 0 Å². The van der Waals surface area contributed by atoms with Gasteiger partial charge in [0.2, 0.25) is 0 Å². The first-order valence-electron chi connectivity index (χ1n) is 19.9. The van der Waals surface area contributed by atoms with E-state index < -0.39 is 20.2 Å². The predicted molar refractivity (Wildman–Crippen MR) is 221 cm³/mol. The van der Waals surface area contributed by atoms with Crippen LogP contribution in [0.1, 0.15) is 153 Å². The average molecular weight is 791 g/mol. The van der Waals surface area contributed by atoms with Gasteiger partial charge in [-0.1, -0.05) is 141 Å². The largest absolute Gasteiger partial charge is 2.00 e. The van der Waals surface area contributed by atoms with Crippen molar-refractivity contribution in [2.75, 3.05) is 0 Å². The molecule has 0 aliphatic rings. The summed E-state index contributed by atoms with van der Waals surface area (Å²) in [7, 11) is -8.87. The number of benzene rings is 4. The number of unbranched alkanes of at least 4 members (excludes halogenated alkanes) is 12. The molecule has 288 valence electrons. The minimum atomic E-state index is -4.43. The van der Waals surface area contributed by atoms with E-state index in [-0.39, 0.29) is 47.5 Å². The molecular weight excluding hydrogens is 729 g/mol. The van der Waals surface area contributed by atoms with Gasteiger partial charge in [-0.25, -0.2) is 16.8 Å². The molecular formula is C44H62CaO6S2. The fraction of sp³-hybridized carbons (Fsp3) is 0.545. The fourth-order valence-corrected chi connectivity index (χ4v) is 8.03. The minimum Gasteiger partial charge on any atom is -0.744 e. The maximum Gasteiger partial charge on any atom is 2.00 e. The summed E-state index contributed by atoms with van der Waals surface area (Å²) in [6, 6.07) is 18.7. The van der Waals surface area contributed by atoms with E-state index in [4.69, 9.17) is 0 Å². The van der Waals surface area contributed by atoms with E-state index in [2.05, 4.69) is 52.0 Å². The Bertz CT molecular complexity index is 1770. The van der Waals surface area contributed by atoms with Crippen LogP contribution in [0.4, 0.5) is 0 Å². The Kier molecular flexibility index (Phi) is 22.4. The molecule has 0 aliphatic carbocycles. The summed E-state index contributed by atoms with van der Waals surface area (Å²) >= 11 is 0. The Morgan fingerprint density at radius 1 is 0.415 bits per heavy atom. The molecule has 4 aromatic rings. The third kappa shape index (κ3) is 16.6. The van der Waals surface area contributed by atoms with Gasteiger partial charge in [-0.3, -0.25) is 0 Å². The maximum absolute atomic E-state index is 11.5. The average Bonchev–Trinajstić information content (AvgIpc) is 3.11. The van der Waals surface area contributed by atoms with Gasteiger partial charge in [0.05, 0.1) is 9.79 Å². The molecule has 6 nitrogen and oxygen atoms in total. The molecule has 0 aromatic heterocycles. The summed E-state index contributed by atoms with van der Waals surface area (Å²) in [5, 5.41) is 3.90. The van der Waals surface area contributed by atoms with Crippen LogP contribution in [0.25, 0.3) is 21.5 Å². The normalized spacial score (nSPS) is 11.7. The predicted octanol–water partition coefficient (Wildman–Crippen LogP) is 11.6. The van der Waals surface area contributed by atoms with Crippen LogP contribution < -0.4 is 0 Å². The number of aryl methyl sites for hydroxylation is 4. The van der Waals surface area contributed by atoms with Gasteiger partial charge in [0.25, 0.3) is 0 Å². The summed E-state index contributed by atoms with van der Waals surface area (Å²) in [6.45, 7) is 8.76. The molecule has 9 heteroatoms. The van der Waals surface area contributed by atoms with Crippen LogP contribution in [-0.4, -0.2) is 63.7 Å². The third-order valence-corrected chi connectivity index (χ3v) is 11.6. The van der Waals surface area contributed by atoms with Crippen LogP contribution in [0.5, 0.6) is 0 Å². The van der Waals surface area contributed by atoms with Crippen LogP contribution in [0, 0.1) is 0 Å². The zero-order valence-corrected chi connectivity index (χ0v) is 36.7. The van der Waals surface area contributed by atoms with Crippen molar-refractivity contribution in [1.82, 2.24) is 0 Å². The number of hydrogen-bond donors (Lipinski definition) is 0. The maximum atomic E-state index is 11.5. The second-order valence-electron chi connectivity index (χ2n) is 14.4. The van der Waals surface area contributed by atoms with E-state index in [0.717, 1.165) is 96.9 Å². The van der Waals surface area contributed by atoms with Crippen LogP contribution in [0.15, 0.2) is 70.5 Å². The van der Waals surface area contributed by atoms with Crippen LogP contribution >= 0.6 is 0 Å². The van der Waals surface area contributed by atoms with Gasteiger partial charge in [0.1, 0.15) is 20.2 Å². The molecule has 53 heavy (non-hydrogen) atoms. The summed E-state index contributed by atoms with van der Waals surface area (Å²) < 4.78 is 69.1. The summed E-state index contributed by atoms with van der Waals surface area (Å²) in [5.41, 5.74) is 4.56. The monoisotopic (exact) mass is 790 g/mol. The molecule has 0 fully saturated rings. The first kappa shape index (κ1) is 47.6. The molecule has 4 aromatic carbocycles. The van der Waals surface area contributed by atoms with E-state index in [1.165, 1.54) is 87.5 Å². The van der Waals surface area contributed by atoms with Gasteiger partial charge >= 0.3 is 37.7 Å². The van der Waals surface area contributed by atoms with Crippen molar-refractivity contribution >= 4 is 79.5 Å². The first-order chi connectivity index (χ1) is 24.9. The van der Waals surface area contributed by atoms with Gasteiger partial charge in [0, 0.05) is 0 Å². The van der Waals surface area contributed by atoms with Crippen molar-refractivity contribution in [2.45, 2.75) is 166 Å². The van der Waals surface area contributed by atoms with Gasteiger partial charge in [-0.05, 0) is 119 Å². The molecule has 0 amide bonds. The molecule has 0 saturated carbocycles. The first-order valence-corrected chi connectivity index (χ1v) is 22.8. The molecule has 0 heterocycles. The fourth-order valence-electron chi connectivity index (χ4n) is 6.91. The second-order valence-corrected chi connectivity index (χ2v) is 17.2. The van der Waals surface area contributed by atoms with Gasteiger partial charge < -0.3 is 9.11 Å². The van der Waals surface area contributed by atoms with Crippen molar-refractivity contribution < 1.29 is 25.9 Å². The van der Waals surface area contributed by atoms with Gasteiger partial charge in [-0.15, -0.1) is 0 Å². The standard InChI is InChI=1S/2C22H32O3S.Ca/c2*1-3-5-7-9-11-18-13-14-20-17-21(26(23,24)25)16-19(22(20)15-18)12-10-8-6-4-2;/h2*13-17H,3-12H2,1-2H3,(H,23,24,25);/q;;+2/p-2. The zero-order chi connectivity index (χ0) is 38.0. The van der Waals surface area contributed by atoms with E-state index in [1.807, 2.05) is 12.1 Å². The Morgan fingerprint density at radius 2 is 0.736 bits per heavy atom. The van der Waals surface area contributed by atoms with Crippen LogP contribution in [0.3, 0.4) is 0 Å². The molecule has 0 saturated heterocycles. The SMILES string of the molecule is CCCCCCc1ccc2cc(S(=O)(=O)[O-])cc(CCCCCC)c2c1.CCCCCCc1ccc2cc(S(=O)(=O)[O-])cc(CCCCCC)c2c1.[Ca+2]. The Hall–Kier alpha value is -1.52. The summed E-state index contributed by atoms with van der Waals surface area (Å²) in [6.07, 6.45) is 22.5. The van der Waals surface area contributed by atoms with E-state index >= 15 is 0 Å². The van der Waals surface area contributed by atoms with E-state index in [9.17, 15) is 25.9 Å². The third-order valence-electron chi connectivity index (χ3n) is 9.97. The molecule has 0 unspecified atom stereocenters. The number of fused-ring (bicyclic) bond motifs is 2. The molecule has 0 atom stereocenters. The topological polar surface area (TPSA) is 114 Å². The molecule has 0 spiro atoms. The molecule has 0 aliphatic heterocycles. The Labute approximate surface area is 351 Å². The van der Waals surface area contributed by atoms with E-state index in [0.29, 0.717) is 0 Å². The Morgan fingerprint density at radius 3 is 1.04 bits per heavy atom. The molecule has 0 N–H and O–H groups in total. The van der Waals surface area contributed by atoms with E-state index in [1.54, 1.807) is 12.1 Å². The van der Waals surface area contributed by atoms with Crippen molar-refractivity contribution in [3.63, 3.8) is 0 Å². The molecule has 0 bridgehead atoms. The summed E-state index contributed by atoms with van der Waals surface area (Å²) in [5.74, 6) is 0. The van der Waals surface area contributed by atoms with Gasteiger partial charge in [-0.2, -0.15) is 0 Å².